The molecule has 1 aromatic carbocycles. The van der Waals surface area contributed by atoms with Crippen molar-refractivity contribution in [1.82, 2.24) is 4.90 Å². The Hall–Kier alpha value is -1.26. The molecule has 0 radical (unpaired) electrons. The van der Waals surface area contributed by atoms with Crippen LogP contribution in [-0.4, -0.2) is 37.5 Å². The van der Waals surface area contributed by atoms with Gasteiger partial charge in [-0.1, -0.05) is 11.6 Å². The third kappa shape index (κ3) is 4.39. The van der Waals surface area contributed by atoms with Crippen molar-refractivity contribution in [3.05, 3.63) is 23.2 Å². The fraction of sp³-hybridized carbons (Fsp3) is 0.533. The Morgan fingerprint density at radius 2 is 2.10 bits per heavy atom. The molecule has 20 heavy (non-hydrogen) atoms. The molecule has 0 bridgehead atoms. The molecule has 1 fully saturated rings. The Balaban J connectivity index is 1.87. The molecule has 1 saturated heterocycles. The second kappa shape index (κ2) is 6.95. The summed E-state index contributed by atoms with van der Waals surface area (Å²) in [5.74, 6) is 0.610. The van der Waals surface area contributed by atoms with Crippen LogP contribution in [-0.2, 0) is 4.79 Å². The van der Waals surface area contributed by atoms with Gasteiger partial charge in [-0.05, 0) is 57.1 Å². The highest BCUT2D eigenvalue weighted by atomic mass is 35.5. The third-order valence-corrected chi connectivity index (χ3v) is 4.03. The minimum absolute atomic E-state index is 0.112. The van der Waals surface area contributed by atoms with E-state index in [4.69, 9.17) is 11.6 Å². The van der Waals surface area contributed by atoms with Gasteiger partial charge in [-0.25, -0.2) is 0 Å². The minimum atomic E-state index is -0.112. The number of carbonyl (C=O) groups excluding carboxylic acids is 1. The lowest BCUT2D eigenvalue weighted by Gasteiger charge is -2.29. The quantitative estimate of drug-likeness (QED) is 0.897. The van der Waals surface area contributed by atoms with Crippen LogP contribution >= 0.6 is 11.6 Å². The predicted octanol–water partition coefficient (Wildman–Crippen LogP) is 3.05. The lowest BCUT2D eigenvalue weighted by molar-refractivity contribution is -0.114. The summed E-state index contributed by atoms with van der Waals surface area (Å²) >= 11 is 6.15. The summed E-state index contributed by atoms with van der Waals surface area (Å²) in [5, 5.41) is 6.70. The van der Waals surface area contributed by atoms with Gasteiger partial charge in [0.1, 0.15) is 0 Å². The van der Waals surface area contributed by atoms with E-state index in [2.05, 4.69) is 22.6 Å². The Morgan fingerprint density at radius 3 is 2.70 bits per heavy atom. The molecular weight excluding hydrogens is 274 g/mol. The van der Waals surface area contributed by atoms with Gasteiger partial charge >= 0.3 is 0 Å². The van der Waals surface area contributed by atoms with E-state index in [9.17, 15) is 4.79 Å². The molecule has 1 aliphatic rings. The van der Waals surface area contributed by atoms with Gasteiger partial charge in [0.25, 0.3) is 0 Å². The lowest BCUT2D eigenvalue weighted by atomic mass is 9.97. The summed E-state index contributed by atoms with van der Waals surface area (Å²) < 4.78 is 0. The molecule has 0 spiro atoms. The van der Waals surface area contributed by atoms with Gasteiger partial charge in [-0.15, -0.1) is 0 Å². The van der Waals surface area contributed by atoms with Crippen LogP contribution in [0.3, 0.4) is 0 Å². The van der Waals surface area contributed by atoms with Crippen LogP contribution in [0.15, 0.2) is 18.2 Å². The highest BCUT2D eigenvalue weighted by molar-refractivity contribution is 6.34. The van der Waals surface area contributed by atoms with E-state index >= 15 is 0 Å². The van der Waals surface area contributed by atoms with Gasteiger partial charge < -0.3 is 15.5 Å². The largest absolute Gasteiger partial charge is 0.385 e. The van der Waals surface area contributed by atoms with Crippen LogP contribution in [0.5, 0.6) is 0 Å². The normalized spacial score (nSPS) is 16.9. The maximum absolute atomic E-state index is 11.0. The van der Waals surface area contributed by atoms with Crippen molar-refractivity contribution in [2.75, 3.05) is 37.3 Å². The van der Waals surface area contributed by atoms with Gasteiger partial charge in [-0.2, -0.15) is 0 Å². The average Bonchev–Trinajstić information content (AvgIpc) is 2.40. The van der Waals surface area contributed by atoms with Gasteiger partial charge in [0.15, 0.2) is 0 Å². The van der Waals surface area contributed by atoms with E-state index in [1.807, 2.05) is 18.2 Å². The lowest BCUT2D eigenvalue weighted by Crippen LogP contribution is -2.32. The van der Waals surface area contributed by atoms with E-state index in [1.165, 1.54) is 32.9 Å². The van der Waals surface area contributed by atoms with Crippen LogP contribution in [0.1, 0.15) is 19.8 Å². The van der Waals surface area contributed by atoms with Crippen LogP contribution in [0.25, 0.3) is 0 Å². The maximum Gasteiger partial charge on any atom is 0.221 e. The molecular formula is C15H22ClN3O. The van der Waals surface area contributed by atoms with Crippen LogP contribution in [0, 0.1) is 5.92 Å². The summed E-state index contributed by atoms with van der Waals surface area (Å²) in [6.07, 6.45) is 2.47. The van der Waals surface area contributed by atoms with E-state index in [-0.39, 0.29) is 5.91 Å². The van der Waals surface area contributed by atoms with E-state index < -0.39 is 0 Å². The van der Waals surface area contributed by atoms with E-state index in [1.54, 1.807) is 0 Å². The number of halogens is 1. The second-order valence-electron chi connectivity index (χ2n) is 5.50. The summed E-state index contributed by atoms with van der Waals surface area (Å²) in [6, 6.07) is 5.65. The number of benzene rings is 1. The van der Waals surface area contributed by atoms with Crippen molar-refractivity contribution < 1.29 is 4.79 Å². The van der Waals surface area contributed by atoms with Crippen molar-refractivity contribution in [3.63, 3.8) is 0 Å². The molecule has 0 aromatic heterocycles. The molecule has 2 rings (SSSR count). The van der Waals surface area contributed by atoms with Crippen LogP contribution in [0.2, 0.25) is 5.02 Å². The molecule has 4 nitrogen and oxygen atoms in total. The molecule has 0 aliphatic carbocycles. The minimum Gasteiger partial charge on any atom is -0.385 e. The molecule has 1 heterocycles. The Kier molecular flexibility index (Phi) is 5.26. The number of nitrogens with one attached hydrogen (secondary N) is 2. The number of hydrogen-bond donors (Lipinski definition) is 2. The number of hydrogen-bond acceptors (Lipinski definition) is 3. The number of anilines is 2. The van der Waals surface area contributed by atoms with Crippen molar-refractivity contribution in [1.29, 1.82) is 0 Å². The van der Waals surface area contributed by atoms with Crippen molar-refractivity contribution in [3.8, 4) is 0 Å². The second-order valence-corrected chi connectivity index (χ2v) is 5.91. The summed E-state index contributed by atoms with van der Waals surface area (Å²) in [6.45, 7) is 4.80. The molecule has 0 atom stereocenters. The molecule has 1 aliphatic heterocycles. The number of amides is 1. The number of likely N-dealkylation sites (tertiary alicyclic amines) is 1. The van der Waals surface area contributed by atoms with Gasteiger partial charge in [0.05, 0.1) is 10.7 Å². The molecule has 110 valence electrons. The van der Waals surface area contributed by atoms with Crippen LogP contribution < -0.4 is 10.6 Å². The van der Waals surface area contributed by atoms with Crippen LogP contribution in [0.4, 0.5) is 11.4 Å². The monoisotopic (exact) mass is 295 g/mol. The molecule has 1 aromatic rings. The first-order chi connectivity index (χ1) is 9.54. The number of nitrogens with zero attached hydrogens (tertiary/aromatic N) is 1. The molecule has 0 unspecified atom stereocenters. The summed E-state index contributed by atoms with van der Waals surface area (Å²) in [7, 11) is 2.17. The number of piperidine rings is 1. The van der Waals surface area contributed by atoms with E-state index in [0.717, 1.165) is 18.2 Å². The van der Waals surface area contributed by atoms with Crippen molar-refractivity contribution in [2.24, 2.45) is 5.92 Å². The zero-order chi connectivity index (χ0) is 14.5. The van der Waals surface area contributed by atoms with Gasteiger partial charge in [0, 0.05) is 19.2 Å². The Morgan fingerprint density at radius 1 is 1.40 bits per heavy atom. The first-order valence-electron chi connectivity index (χ1n) is 7.04. The average molecular weight is 296 g/mol. The number of carbonyl (C=O) groups is 1. The Bertz CT molecular complexity index is 470. The van der Waals surface area contributed by atoms with Gasteiger partial charge in [0.2, 0.25) is 5.91 Å². The topological polar surface area (TPSA) is 44.4 Å². The zero-order valence-corrected chi connectivity index (χ0v) is 12.8. The fourth-order valence-electron chi connectivity index (χ4n) is 2.44. The number of rotatable bonds is 4. The smallest absolute Gasteiger partial charge is 0.221 e. The zero-order valence-electron chi connectivity index (χ0n) is 12.1. The maximum atomic E-state index is 11.0. The SMILES string of the molecule is CC(=O)Nc1ccc(NCC2CCN(C)CC2)cc1Cl. The van der Waals surface area contributed by atoms with Gasteiger partial charge in [-0.3, -0.25) is 4.79 Å². The third-order valence-electron chi connectivity index (χ3n) is 3.71. The molecule has 0 saturated carbocycles. The van der Waals surface area contributed by atoms with E-state index in [0.29, 0.717) is 10.7 Å². The fourth-order valence-corrected chi connectivity index (χ4v) is 2.67. The summed E-state index contributed by atoms with van der Waals surface area (Å²) in [5.41, 5.74) is 1.66. The standard InChI is InChI=1S/C15H22ClN3O/c1-11(20)18-15-4-3-13(9-14(15)16)17-10-12-5-7-19(2)8-6-12/h3-4,9,12,17H,5-8,10H2,1-2H3,(H,18,20). The molecule has 5 heteroatoms. The molecule has 2 N–H and O–H groups in total. The highest BCUT2D eigenvalue weighted by Crippen LogP contribution is 2.26. The highest BCUT2D eigenvalue weighted by Gasteiger charge is 2.16. The van der Waals surface area contributed by atoms with Crippen molar-refractivity contribution in [2.45, 2.75) is 19.8 Å². The summed E-state index contributed by atoms with van der Waals surface area (Å²) in [4.78, 5) is 13.4. The van der Waals surface area contributed by atoms with Crippen molar-refractivity contribution >= 4 is 28.9 Å². The predicted molar refractivity (Wildman–Crippen MR) is 84.5 cm³/mol. The first kappa shape index (κ1) is 15.1. The Labute approximate surface area is 125 Å². The molecule has 1 amide bonds. The first-order valence-corrected chi connectivity index (χ1v) is 7.42.